The molecule has 3 atom stereocenters. The Labute approximate surface area is 123 Å². The number of carbonyl (C=O) groups excluding carboxylic acids is 1. The molecule has 0 saturated carbocycles. The first-order chi connectivity index (χ1) is 9.45. The number of nitrogens with two attached hydrogens (primary N) is 1. The number of piperidine rings is 1. The van der Waals surface area contributed by atoms with E-state index in [0.717, 1.165) is 19.3 Å². The summed E-state index contributed by atoms with van der Waals surface area (Å²) < 4.78 is 0. The average molecular weight is 281 g/mol. The molecule has 2 heterocycles. The zero-order chi connectivity index (χ0) is 14.7. The lowest BCUT2D eigenvalue weighted by atomic mass is 9.98. The van der Waals surface area contributed by atoms with Crippen LogP contribution in [0.1, 0.15) is 59.3 Å². The number of carbonyl (C=O) groups is 1. The standard InChI is InChI=1S/C16H31N3O/c1-11(2)4-5-12(3)18-16(20)10-19-14-6-7-15(19)9-13(17)8-14/h11-15H,4-10,17H2,1-3H3,(H,18,20). The highest BCUT2D eigenvalue weighted by Gasteiger charge is 2.40. The van der Waals surface area contributed by atoms with Gasteiger partial charge in [-0.25, -0.2) is 0 Å². The molecule has 1 amide bonds. The van der Waals surface area contributed by atoms with Crippen LogP contribution in [0.5, 0.6) is 0 Å². The van der Waals surface area contributed by atoms with E-state index in [1.54, 1.807) is 0 Å². The van der Waals surface area contributed by atoms with Crippen LogP contribution < -0.4 is 11.1 Å². The second-order valence-corrected chi connectivity index (χ2v) is 7.23. The highest BCUT2D eigenvalue weighted by Crippen LogP contribution is 2.34. The van der Waals surface area contributed by atoms with E-state index >= 15 is 0 Å². The molecule has 0 spiro atoms. The molecule has 3 unspecified atom stereocenters. The summed E-state index contributed by atoms with van der Waals surface area (Å²) >= 11 is 0. The molecule has 0 aliphatic carbocycles. The third-order valence-electron chi connectivity index (χ3n) is 4.83. The van der Waals surface area contributed by atoms with E-state index in [4.69, 9.17) is 5.73 Å². The summed E-state index contributed by atoms with van der Waals surface area (Å²) in [5.41, 5.74) is 6.07. The van der Waals surface area contributed by atoms with Gasteiger partial charge in [0.1, 0.15) is 0 Å². The minimum atomic E-state index is 0.189. The molecule has 4 nitrogen and oxygen atoms in total. The molecule has 2 saturated heterocycles. The van der Waals surface area contributed by atoms with Crippen molar-refractivity contribution in [1.29, 1.82) is 0 Å². The number of nitrogens with one attached hydrogen (secondary N) is 1. The molecule has 2 aliphatic rings. The molecular formula is C16H31N3O. The normalized spacial score (nSPS) is 31.6. The Morgan fingerprint density at radius 2 is 1.80 bits per heavy atom. The molecule has 20 heavy (non-hydrogen) atoms. The molecule has 116 valence electrons. The lowest BCUT2D eigenvalue weighted by molar-refractivity contribution is -0.124. The van der Waals surface area contributed by atoms with Crippen LogP contribution in [0.25, 0.3) is 0 Å². The summed E-state index contributed by atoms with van der Waals surface area (Å²) in [6.07, 6.45) is 6.80. The van der Waals surface area contributed by atoms with Gasteiger partial charge in [0.25, 0.3) is 0 Å². The Balaban J connectivity index is 1.75. The van der Waals surface area contributed by atoms with Crippen LogP contribution >= 0.6 is 0 Å². The average Bonchev–Trinajstić information content (AvgIpc) is 2.59. The van der Waals surface area contributed by atoms with Crippen molar-refractivity contribution in [2.24, 2.45) is 11.7 Å². The second kappa shape index (κ2) is 6.90. The number of fused-ring (bicyclic) bond motifs is 2. The maximum atomic E-state index is 12.2. The highest BCUT2D eigenvalue weighted by molar-refractivity contribution is 5.78. The van der Waals surface area contributed by atoms with Gasteiger partial charge in [0.2, 0.25) is 5.91 Å². The van der Waals surface area contributed by atoms with E-state index < -0.39 is 0 Å². The molecule has 0 aromatic carbocycles. The Kier molecular flexibility index (Phi) is 5.44. The van der Waals surface area contributed by atoms with Crippen molar-refractivity contribution >= 4 is 5.91 Å². The van der Waals surface area contributed by atoms with Crippen molar-refractivity contribution in [3.8, 4) is 0 Å². The van der Waals surface area contributed by atoms with Gasteiger partial charge in [-0.05, 0) is 51.4 Å². The molecule has 0 aromatic rings. The Hall–Kier alpha value is -0.610. The lowest BCUT2D eigenvalue weighted by Crippen LogP contribution is -2.51. The zero-order valence-corrected chi connectivity index (χ0v) is 13.3. The van der Waals surface area contributed by atoms with E-state index in [1.165, 1.54) is 19.3 Å². The van der Waals surface area contributed by atoms with E-state index in [2.05, 4.69) is 31.0 Å². The fourth-order valence-corrected chi connectivity index (χ4v) is 3.72. The Bertz CT molecular complexity index is 318. The SMILES string of the molecule is CC(C)CCC(C)NC(=O)CN1C2CCC1CC(N)C2. The first-order valence-electron chi connectivity index (χ1n) is 8.26. The van der Waals surface area contributed by atoms with Crippen molar-refractivity contribution in [2.75, 3.05) is 6.54 Å². The molecule has 4 heteroatoms. The molecule has 2 aliphatic heterocycles. The third kappa shape index (κ3) is 4.19. The number of hydrogen-bond acceptors (Lipinski definition) is 3. The van der Waals surface area contributed by atoms with E-state index in [0.29, 0.717) is 30.6 Å². The van der Waals surface area contributed by atoms with Gasteiger partial charge in [0, 0.05) is 24.2 Å². The maximum Gasteiger partial charge on any atom is 0.234 e. The summed E-state index contributed by atoms with van der Waals surface area (Å²) in [4.78, 5) is 14.6. The monoisotopic (exact) mass is 281 g/mol. The van der Waals surface area contributed by atoms with Crippen LogP contribution in [0.2, 0.25) is 0 Å². The maximum absolute atomic E-state index is 12.2. The molecule has 2 bridgehead atoms. The number of nitrogens with zero attached hydrogens (tertiary/aromatic N) is 1. The first kappa shape index (κ1) is 15.8. The van der Waals surface area contributed by atoms with Crippen molar-refractivity contribution in [1.82, 2.24) is 10.2 Å². The quantitative estimate of drug-likeness (QED) is 0.781. The molecular weight excluding hydrogens is 250 g/mol. The van der Waals surface area contributed by atoms with Crippen molar-refractivity contribution in [3.05, 3.63) is 0 Å². The van der Waals surface area contributed by atoms with Crippen molar-refractivity contribution < 1.29 is 4.79 Å². The number of hydrogen-bond donors (Lipinski definition) is 2. The van der Waals surface area contributed by atoms with E-state index in [1.807, 2.05) is 0 Å². The number of amides is 1. The smallest absolute Gasteiger partial charge is 0.234 e. The van der Waals surface area contributed by atoms with Gasteiger partial charge in [0.05, 0.1) is 6.54 Å². The van der Waals surface area contributed by atoms with Crippen molar-refractivity contribution in [3.63, 3.8) is 0 Å². The first-order valence-corrected chi connectivity index (χ1v) is 8.26. The van der Waals surface area contributed by atoms with Gasteiger partial charge in [0.15, 0.2) is 0 Å². The summed E-state index contributed by atoms with van der Waals surface area (Å²) in [5, 5.41) is 3.15. The van der Waals surface area contributed by atoms with Crippen LogP contribution in [0.15, 0.2) is 0 Å². The van der Waals surface area contributed by atoms with Crippen LogP contribution in [0.3, 0.4) is 0 Å². The van der Waals surface area contributed by atoms with Crippen LogP contribution in [-0.2, 0) is 4.79 Å². The summed E-state index contributed by atoms with van der Waals surface area (Å²) in [5.74, 6) is 0.891. The summed E-state index contributed by atoms with van der Waals surface area (Å²) in [6, 6.07) is 1.72. The fraction of sp³-hybridized carbons (Fsp3) is 0.938. The fourth-order valence-electron chi connectivity index (χ4n) is 3.72. The minimum Gasteiger partial charge on any atom is -0.353 e. The van der Waals surface area contributed by atoms with Gasteiger partial charge < -0.3 is 11.1 Å². The van der Waals surface area contributed by atoms with Gasteiger partial charge in [-0.15, -0.1) is 0 Å². The predicted molar refractivity (Wildman–Crippen MR) is 82.4 cm³/mol. The molecule has 2 rings (SSSR count). The topological polar surface area (TPSA) is 58.4 Å². The van der Waals surface area contributed by atoms with Crippen LogP contribution in [0.4, 0.5) is 0 Å². The van der Waals surface area contributed by atoms with Crippen molar-refractivity contribution in [2.45, 2.75) is 83.5 Å². The largest absolute Gasteiger partial charge is 0.353 e. The molecule has 0 radical (unpaired) electrons. The summed E-state index contributed by atoms with van der Waals surface area (Å²) in [7, 11) is 0. The van der Waals surface area contributed by atoms with Gasteiger partial charge in [-0.2, -0.15) is 0 Å². The van der Waals surface area contributed by atoms with Crippen LogP contribution in [-0.4, -0.2) is 41.5 Å². The number of rotatable bonds is 6. The summed E-state index contributed by atoms with van der Waals surface area (Å²) in [6.45, 7) is 7.13. The molecule has 0 aromatic heterocycles. The molecule has 2 fully saturated rings. The predicted octanol–water partition coefficient (Wildman–Crippen LogP) is 1.88. The highest BCUT2D eigenvalue weighted by atomic mass is 16.2. The minimum absolute atomic E-state index is 0.189. The van der Waals surface area contributed by atoms with Gasteiger partial charge >= 0.3 is 0 Å². The second-order valence-electron chi connectivity index (χ2n) is 7.23. The van der Waals surface area contributed by atoms with Gasteiger partial charge in [-0.3, -0.25) is 9.69 Å². The zero-order valence-electron chi connectivity index (χ0n) is 13.3. The van der Waals surface area contributed by atoms with E-state index in [-0.39, 0.29) is 11.9 Å². The third-order valence-corrected chi connectivity index (χ3v) is 4.83. The Morgan fingerprint density at radius 1 is 1.20 bits per heavy atom. The van der Waals surface area contributed by atoms with Crippen LogP contribution in [0, 0.1) is 5.92 Å². The van der Waals surface area contributed by atoms with Gasteiger partial charge in [-0.1, -0.05) is 13.8 Å². The lowest BCUT2D eigenvalue weighted by Gasteiger charge is -2.37. The molecule has 3 N–H and O–H groups in total. The Morgan fingerprint density at radius 3 is 2.35 bits per heavy atom. The van der Waals surface area contributed by atoms with E-state index in [9.17, 15) is 4.79 Å².